The minimum atomic E-state index is -1.37. The largest absolute Gasteiger partial charge is 0.467 e. The van der Waals surface area contributed by atoms with Gasteiger partial charge in [0.1, 0.15) is 5.76 Å². The van der Waals surface area contributed by atoms with Gasteiger partial charge in [0.15, 0.2) is 10.8 Å². The van der Waals surface area contributed by atoms with Gasteiger partial charge in [-0.3, -0.25) is 4.79 Å². The van der Waals surface area contributed by atoms with Crippen molar-refractivity contribution in [3.05, 3.63) is 28.6 Å². The molecule has 2 N–H and O–H groups in total. The molecule has 7 heteroatoms. The molecular formula is C11H12BrNO5. The quantitative estimate of drug-likeness (QED) is 0.616. The van der Waals surface area contributed by atoms with Crippen LogP contribution in [0.25, 0.3) is 6.08 Å². The number of ether oxygens (including phenoxy) is 1. The highest BCUT2D eigenvalue weighted by molar-refractivity contribution is 9.10. The van der Waals surface area contributed by atoms with Crippen molar-refractivity contribution in [1.29, 1.82) is 0 Å². The number of rotatable bonds is 5. The summed E-state index contributed by atoms with van der Waals surface area (Å²) >= 11 is 3.13. The van der Waals surface area contributed by atoms with E-state index in [1.165, 1.54) is 12.2 Å². The van der Waals surface area contributed by atoms with Gasteiger partial charge in [-0.05, 0) is 34.1 Å². The lowest BCUT2D eigenvalue weighted by Gasteiger charge is -2.07. The fourth-order valence-electron chi connectivity index (χ4n) is 1.05. The molecule has 18 heavy (non-hydrogen) atoms. The fourth-order valence-corrected chi connectivity index (χ4v) is 1.37. The monoisotopic (exact) mass is 317 g/mol. The van der Waals surface area contributed by atoms with Crippen LogP contribution in [0.3, 0.4) is 0 Å². The van der Waals surface area contributed by atoms with Gasteiger partial charge >= 0.3 is 5.97 Å². The van der Waals surface area contributed by atoms with Gasteiger partial charge in [-0.25, -0.2) is 4.79 Å². The van der Waals surface area contributed by atoms with Gasteiger partial charge in [0.05, 0.1) is 13.7 Å². The predicted molar refractivity (Wildman–Crippen MR) is 66.5 cm³/mol. The lowest BCUT2D eigenvalue weighted by atomic mass is 10.3. The molecule has 0 saturated carbocycles. The van der Waals surface area contributed by atoms with Crippen LogP contribution in [0.5, 0.6) is 0 Å². The second kappa shape index (κ2) is 6.97. The molecule has 98 valence electrons. The lowest BCUT2D eigenvalue weighted by Crippen LogP contribution is -2.36. The first-order valence-corrected chi connectivity index (χ1v) is 5.79. The molecule has 1 rings (SSSR count). The standard InChI is InChI=1S/C11H12BrNO5/c1-17-11(16)8(14)6-13-10(15)5-3-7-2-4-9(12)18-7/h2-5,8,14H,6H2,1H3,(H,13,15)/b5-3+. The Morgan fingerprint density at radius 3 is 2.89 bits per heavy atom. The Labute approximate surface area is 112 Å². The van der Waals surface area contributed by atoms with Crippen molar-refractivity contribution in [3.63, 3.8) is 0 Å². The first-order chi connectivity index (χ1) is 8.52. The van der Waals surface area contributed by atoms with Gasteiger partial charge in [0.25, 0.3) is 0 Å². The average Bonchev–Trinajstić information content (AvgIpc) is 2.78. The summed E-state index contributed by atoms with van der Waals surface area (Å²) in [6.45, 7) is -0.211. The van der Waals surface area contributed by atoms with Crippen LogP contribution in [0.1, 0.15) is 5.76 Å². The van der Waals surface area contributed by atoms with Gasteiger partial charge < -0.3 is 19.6 Å². The molecule has 0 aliphatic heterocycles. The molecule has 0 radical (unpaired) electrons. The number of aliphatic hydroxyl groups is 1. The molecular weight excluding hydrogens is 306 g/mol. The molecule has 0 aliphatic rings. The Bertz CT molecular complexity index is 454. The molecule has 6 nitrogen and oxygen atoms in total. The van der Waals surface area contributed by atoms with Crippen molar-refractivity contribution in [2.24, 2.45) is 0 Å². The van der Waals surface area contributed by atoms with Crippen LogP contribution in [0.4, 0.5) is 0 Å². The molecule has 1 amide bonds. The molecule has 1 atom stereocenters. The van der Waals surface area contributed by atoms with Crippen LogP contribution >= 0.6 is 15.9 Å². The Kier molecular flexibility index (Phi) is 5.60. The highest BCUT2D eigenvalue weighted by Gasteiger charge is 2.15. The van der Waals surface area contributed by atoms with Crippen LogP contribution in [-0.2, 0) is 14.3 Å². The maximum absolute atomic E-state index is 11.3. The Hall–Kier alpha value is -1.60. The van der Waals surface area contributed by atoms with Crippen LogP contribution in [0.2, 0.25) is 0 Å². The average molecular weight is 318 g/mol. The van der Waals surface area contributed by atoms with Crippen LogP contribution < -0.4 is 5.32 Å². The number of furan rings is 1. The van der Waals surface area contributed by atoms with Gasteiger partial charge in [-0.15, -0.1) is 0 Å². The van der Waals surface area contributed by atoms with Gasteiger partial charge in [-0.2, -0.15) is 0 Å². The Morgan fingerprint density at radius 1 is 1.61 bits per heavy atom. The van der Waals surface area contributed by atoms with Crippen molar-refractivity contribution in [2.45, 2.75) is 6.10 Å². The second-order valence-electron chi connectivity index (χ2n) is 3.26. The SMILES string of the molecule is COC(=O)C(O)CNC(=O)/C=C/c1ccc(Br)o1. The summed E-state index contributed by atoms with van der Waals surface area (Å²) in [4.78, 5) is 22.2. The summed E-state index contributed by atoms with van der Waals surface area (Å²) in [7, 11) is 1.15. The summed E-state index contributed by atoms with van der Waals surface area (Å²) in [6, 6.07) is 3.37. The molecule has 1 aromatic rings. The number of esters is 1. The molecule has 1 aromatic heterocycles. The van der Waals surface area contributed by atoms with E-state index in [2.05, 4.69) is 26.0 Å². The number of carbonyl (C=O) groups excluding carboxylic acids is 2. The number of halogens is 1. The molecule has 0 fully saturated rings. The van der Waals surface area contributed by atoms with Crippen molar-refractivity contribution < 1.29 is 23.8 Å². The van der Waals surface area contributed by atoms with E-state index in [0.717, 1.165) is 7.11 Å². The third kappa shape index (κ3) is 4.72. The molecule has 0 aliphatic carbocycles. The third-order valence-electron chi connectivity index (χ3n) is 1.94. The summed E-state index contributed by atoms with van der Waals surface area (Å²) < 4.78 is 10.00. The number of nitrogens with one attached hydrogen (secondary N) is 1. The zero-order valence-corrected chi connectivity index (χ0v) is 11.1. The minimum Gasteiger partial charge on any atom is -0.467 e. The van der Waals surface area contributed by atoms with E-state index in [4.69, 9.17) is 4.42 Å². The molecule has 1 heterocycles. The molecule has 0 bridgehead atoms. The molecule has 1 unspecified atom stereocenters. The lowest BCUT2D eigenvalue weighted by molar-refractivity contribution is -0.150. The van der Waals surface area contributed by atoms with E-state index in [0.29, 0.717) is 10.4 Å². The first-order valence-electron chi connectivity index (χ1n) is 5.00. The molecule has 0 aromatic carbocycles. The number of aliphatic hydroxyl groups excluding tert-OH is 1. The van der Waals surface area contributed by atoms with Crippen molar-refractivity contribution in [3.8, 4) is 0 Å². The van der Waals surface area contributed by atoms with Crippen LogP contribution in [0.15, 0.2) is 27.3 Å². The van der Waals surface area contributed by atoms with Gasteiger partial charge in [-0.1, -0.05) is 0 Å². The fraction of sp³-hybridized carbons (Fsp3) is 0.273. The Balaban J connectivity index is 2.38. The van der Waals surface area contributed by atoms with Crippen LogP contribution in [-0.4, -0.2) is 36.7 Å². The number of amides is 1. The highest BCUT2D eigenvalue weighted by Crippen LogP contribution is 2.14. The van der Waals surface area contributed by atoms with Crippen molar-refractivity contribution in [2.75, 3.05) is 13.7 Å². The van der Waals surface area contributed by atoms with Gasteiger partial charge in [0.2, 0.25) is 5.91 Å². The Morgan fingerprint density at radius 2 is 2.33 bits per heavy atom. The maximum atomic E-state index is 11.3. The van der Waals surface area contributed by atoms with E-state index in [1.54, 1.807) is 12.1 Å². The van der Waals surface area contributed by atoms with E-state index in [-0.39, 0.29) is 6.54 Å². The van der Waals surface area contributed by atoms with Gasteiger partial charge in [0, 0.05) is 6.08 Å². The summed E-state index contributed by atoms with van der Waals surface area (Å²) in [6.07, 6.45) is 1.32. The number of hydrogen-bond acceptors (Lipinski definition) is 5. The van der Waals surface area contributed by atoms with E-state index >= 15 is 0 Å². The topological polar surface area (TPSA) is 88.8 Å². The number of methoxy groups -OCH3 is 1. The highest BCUT2D eigenvalue weighted by atomic mass is 79.9. The molecule has 0 spiro atoms. The number of hydrogen-bond donors (Lipinski definition) is 2. The predicted octanol–water partition coefficient (Wildman–Crippen LogP) is 0.705. The second-order valence-corrected chi connectivity index (χ2v) is 4.04. The minimum absolute atomic E-state index is 0.211. The zero-order valence-electron chi connectivity index (χ0n) is 9.55. The summed E-state index contributed by atoms with van der Waals surface area (Å²) in [5, 5.41) is 11.6. The van der Waals surface area contributed by atoms with E-state index in [1.807, 2.05) is 0 Å². The van der Waals surface area contributed by atoms with Crippen molar-refractivity contribution >= 4 is 33.9 Å². The van der Waals surface area contributed by atoms with Crippen LogP contribution in [0, 0.1) is 0 Å². The maximum Gasteiger partial charge on any atom is 0.336 e. The summed E-state index contributed by atoms with van der Waals surface area (Å²) in [5.74, 6) is -0.745. The first kappa shape index (κ1) is 14.5. The smallest absolute Gasteiger partial charge is 0.336 e. The van der Waals surface area contributed by atoms with E-state index < -0.39 is 18.0 Å². The van der Waals surface area contributed by atoms with E-state index in [9.17, 15) is 14.7 Å². The van der Waals surface area contributed by atoms with Crippen molar-refractivity contribution in [1.82, 2.24) is 5.32 Å². The molecule has 0 saturated heterocycles. The number of carbonyl (C=O) groups is 2. The third-order valence-corrected chi connectivity index (χ3v) is 2.36. The normalized spacial score (nSPS) is 12.4. The summed E-state index contributed by atoms with van der Waals surface area (Å²) in [5.41, 5.74) is 0. The zero-order chi connectivity index (χ0) is 13.5.